The molecule has 0 aliphatic heterocycles. The molecule has 0 N–H and O–H groups in total. The molecule has 0 radical (unpaired) electrons. The highest BCUT2D eigenvalue weighted by Gasteiger charge is 2.20. The van der Waals surface area contributed by atoms with Crippen molar-refractivity contribution in [3.63, 3.8) is 0 Å². The Kier molecular flexibility index (Phi) is 5.86. The molecule has 0 aromatic heterocycles. The van der Waals surface area contributed by atoms with Gasteiger partial charge in [-0.05, 0) is 38.0 Å². The number of nitrogens with zero attached hydrogens (tertiary/aromatic N) is 1. The van der Waals surface area contributed by atoms with Gasteiger partial charge in [0.05, 0.1) is 0 Å². The first-order chi connectivity index (χ1) is 8.31. The fraction of sp³-hybridized carbons (Fsp3) is 0.500. The van der Waals surface area contributed by atoms with Gasteiger partial charge in [-0.2, -0.15) is 0 Å². The van der Waals surface area contributed by atoms with Crippen LogP contribution in [0.4, 0.5) is 0 Å². The molecule has 0 bridgehead atoms. The Morgan fingerprint density at radius 3 is 2.00 bits per heavy atom. The molecule has 1 aromatic carbocycles. The molecule has 0 unspecified atom stereocenters. The summed E-state index contributed by atoms with van der Waals surface area (Å²) in [4.78, 5) is 14.4. The van der Waals surface area contributed by atoms with Gasteiger partial charge in [0.1, 0.15) is 0 Å². The minimum Gasteiger partial charge on any atom is -0.336 e. The molecular formula is C14H19Br2NO. The van der Waals surface area contributed by atoms with E-state index in [0.717, 1.165) is 15.5 Å². The summed E-state index contributed by atoms with van der Waals surface area (Å²) in [5.74, 6) is 0.549. The largest absolute Gasteiger partial charge is 0.336 e. The molecule has 1 rings (SSSR count). The second-order valence-electron chi connectivity index (χ2n) is 5.10. The molecule has 0 spiro atoms. The van der Waals surface area contributed by atoms with E-state index in [1.165, 1.54) is 0 Å². The van der Waals surface area contributed by atoms with Gasteiger partial charge in [0.2, 0.25) is 0 Å². The monoisotopic (exact) mass is 375 g/mol. The molecule has 18 heavy (non-hydrogen) atoms. The van der Waals surface area contributed by atoms with Gasteiger partial charge in [0.25, 0.3) is 5.91 Å². The molecule has 2 nitrogen and oxygen atoms in total. The Balaban J connectivity index is 3.01. The van der Waals surface area contributed by atoms with E-state index in [0.29, 0.717) is 11.5 Å². The van der Waals surface area contributed by atoms with Crippen LogP contribution in [0.25, 0.3) is 0 Å². The summed E-state index contributed by atoms with van der Waals surface area (Å²) in [6.07, 6.45) is 0. The van der Waals surface area contributed by atoms with Gasteiger partial charge in [-0.3, -0.25) is 4.79 Å². The fourth-order valence-corrected chi connectivity index (χ4v) is 3.06. The number of hydrogen-bond acceptors (Lipinski definition) is 1. The molecular weight excluding hydrogens is 358 g/mol. The maximum atomic E-state index is 12.5. The summed E-state index contributed by atoms with van der Waals surface area (Å²) < 4.78 is 1.82. The van der Waals surface area contributed by atoms with Crippen LogP contribution in [0.2, 0.25) is 0 Å². The summed E-state index contributed by atoms with van der Waals surface area (Å²) in [6, 6.07) is 5.86. The van der Waals surface area contributed by atoms with Crippen molar-refractivity contribution in [2.75, 3.05) is 6.54 Å². The Bertz CT molecular complexity index is 410. The predicted octanol–water partition coefficient (Wildman–Crippen LogP) is 4.72. The van der Waals surface area contributed by atoms with Gasteiger partial charge >= 0.3 is 0 Å². The minimum absolute atomic E-state index is 0.0840. The van der Waals surface area contributed by atoms with Crippen LogP contribution in [-0.2, 0) is 0 Å². The zero-order valence-corrected chi connectivity index (χ0v) is 14.4. The number of amides is 1. The molecule has 0 saturated carbocycles. The Morgan fingerprint density at radius 1 is 1.11 bits per heavy atom. The maximum Gasteiger partial charge on any atom is 0.254 e. The third-order valence-corrected chi connectivity index (χ3v) is 3.47. The second-order valence-corrected chi connectivity index (χ2v) is 6.93. The number of halogens is 2. The Morgan fingerprint density at radius 2 is 1.61 bits per heavy atom. The lowest BCUT2D eigenvalue weighted by molar-refractivity contribution is 0.0682. The number of benzene rings is 1. The van der Waals surface area contributed by atoms with Crippen LogP contribution >= 0.6 is 31.9 Å². The number of carbonyl (C=O) groups is 1. The summed E-state index contributed by atoms with van der Waals surface area (Å²) >= 11 is 6.84. The zero-order valence-electron chi connectivity index (χ0n) is 11.2. The van der Waals surface area contributed by atoms with E-state index in [1.807, 2.05) is 36.9 Å². The topological polar surface area (TPSA) is 20.3 Å². The molecule has 4 heteroatoms. The summed E-state index contributed by atoms with van der Waals surface area (Å²) in [5.41, 5.74) is 0.714. The van der Waals surface area contributed by atoms with E-state index in [2.05, 4.69) is 45.7 Å². The highest BCUT2D eigenvalue weighted by molar-refractivity contribution is 9.11. The molecule has 100 valence electrons. The van der Waals surface area contributed by atoms with E-state index in [1.54, 1.807) is 0 Å². The first kappa shape index (κ1) is 15.7. The van der Waals surface area contributed by atoms with Crippen molar-refractivity contribution in [1.82, 2.24) is 4.90 Å². The third kappa shape index (κ3) is 4.39. The molecule has 0 heterocycles. The van der Waals surface area contributed by atoms with Gasteiger partial charge in [-0.15, -0.1) is 0 Å². The SMILES string of the molecule is CC(C)CN(C(=O)c1cc(Br)cc(Br)c1)C(C)C. The fourth-order valence-electron chi connectivity index (χ4n) is 1.76. The van der Waals surface area contributed by atoms with Crippen molar-refractivity contribution < 1.29 is 4.79 Å². The van der Waals surface area contributed by atoms with Gasteiger partial charge in [-0.1, -0.05) is 45.7 Å². The number of hydrogen-bond donors (Lipinski definition) is 0. The smallest absolute Gasteiger partial charge is 0.254 e. The van der Waals surface area contributed by atoms with Crippen molar-refractivity contribution in [2.45, 2.75) is 33.7 Å². The average molecular weight is 377 g/mol. The molecule has 0 aliphatic rings. The lowest BCUT2D eigenvalue weighted by Crippen LogP contribution is -2.39. The molecule has 0 aliphatic carbocycles. The summed E-state index contributed by atoms with van der Waals surface area (Å²) in [5, 5.41) is 0. The van der Waals surface area contributed by atoms with Gasteiger partial charge in [0.15, 0.2) is 0 Å². The molecule has 1 amide bonds. The molecule has 0 fully saturated rings. The van der Waals surface area contributed by atoms with Crippen molar-refractivity contribution >= 4 is 37.8 Å². The molecule has 0 atom stereocenters. The van der Waals surface area contributed by atoms with Crippen LogP contribution in [0.1, 0.15) is 38.1 Å². The van der Waals surface area contributed by atoms with Crippen LogP contribution in [0.5, 0.6) is 0 Å². The van der Waals surface area contributed by atoms with Crippen LogP contribution in [0, 0.1) is 5.92 Å². The van der Waals surface area contributed by atoms with E-state index >= 15 is 0 Å². The van der Waals surface area contributed by atoms with Crippen LogP contribution in [0.15, 0.2) is 27.1 Å². The zero-order chi connectivity index (χ0) is 13.9. The average Bonchev–Trinajstić information content (AvgIpc) is 2.23. The van der Waals surface area contributed by atoms with Crippen molar-refractivity contribution in [3.8, 4) is 0 Å². The standard InChI is InChI=1S/C14H19Br2NO/c1-9(2)8-17(10(3)4)14(18)11-5-12(15)7-13(16)6-11/h5-7,9-10H,8H2,1-4H3. The lowest BCUT2D eigenvalue weighted by atomic mass is 10.1. The molecule has 1 aromatic rings. The lowest BCUT2D eigenvalue weighted by Gasteiger charge is -2.28. The van der Waals surface area contributed by atoms with Gasteiger partial charge < -0.3 is 4.90 Å². The van der Waals surface area contributed by atoms with E-state index in [4.69, 9.17) is 0 Å². The minimum atomic E-state index is 0.0840. The second kappa shape index (κ2) is 6.71. The van der Waals surface area contributed by atoms with E-state index in [-0.39, 0.29) is 11.9 Å². The van der Waals surface area contributed by atoms with Crippen LogP contribution in [0.3, 0.4) is 0 Å². The third-order valence-electron chi connectivity index (χ3n) is 2.56. The van der Waals surface area contributed by atoms with Crippen molar-refractivity contribution in [2.24, 2.45) is 5.92 Å². The van der Waals surface area contributed by atoms with Crippen LogP contribution < -0.4 is 0 Å². The van der Waals surface area contributed by atoms with Gasteiger partial charge in [-0.25, -0.2) is 0 Å². The van der Waals surface area contributed by atoms with E-state index in [9.17, 15) is 4.79 Å². The Labute approximate surface area is 126 Å². The summed E-state index contributed by atoms with van der Waals surface area (Å²) in [6.45, 7) is 9.13. The highest BCUT2D eigenvalue weighted by atomic mass is 79.9. The van der Waals surface area contributed by atoms with Crippen molar-refractivity contribution in [3.05, 3.63) is 32.7 Å². The first-order valence-electron chi connectivity index (χ1n) is 6.08. The maximum absolute atomic E-state index is 12.5. The quantitative estimate of drug-likeness (QED) is 0.744. The normalized spacial score (nSPS) is 11.1. The van der Waals surface area contributed by atoms with Crippen LogP contribution in [-0.4, -0.2) is 23.4 Å². The van der Waals surface area contributed by atoms with Gasteiger partial charge in [0, 0.05) is 27.1 Å². The molecule has 0 saturated heterocycles. The van der Waals surface area contributed by atoms with E-state index < -0.39 is 0 Å². The predicted molar refractivity (Wildman–Crippen MR) is 82.9 cm³/mol. The highest BCUT2D eigenvalue weighted by Crippen LogP contribution is 2.22. The Hall–Kier alpha value is -0.350. The number of rotatable bonds is 4. The first-order valence-corrected chi connectivity index (χ1v) is 7.67. The number of carbonyl (C=O) groups excluding carboxylic acids is 1. The summed E-state index contributed by atoms with van der Waals surface area (Å²) in [7, 11) is 0. The van der Waals surface area contributed by atoms with Crippen molar-refractivity contribution in [1.29, 1.82) is 0 Å².